The molecule has 0 saturated heterocycles. The smallest absolute Gasteiger partial charge is 0.261 e. The molecule has 3 N–H and O–H groups in total. The summed E-state index contributed by atoms with van der Waals surface area (Å²) in [6, 6.07) is 8.07. The topological polar surface area (TPSA) is 47.3 Å². The highest BCUT2D eigenvalue weighted by molar-refractivity contribution is 5.29. The van der Waals surface area contributed by atoms with Crippen molar-refractivity contribution in [1.29, 1.82) is 0 Å². The largest absolute Gasteiger partial charge is 0.375 e. The van der Waals surface area contributed by atoms with Crippen LogP contribution in [0.4, 0.5) is 8.78 Å². The van der Waals surface area contributed by atoms with E-state index in [0.717, 1.165) is 5.56 Å². The van der Waals surface area contributed by atoms with Gasteiger partial charge in [-0.05, 0) is 23.0 Å². The van der Waals surface area contributed by atoms with Crippen LogP contribution in [0.1, 0.15) is 44.4 Å². The van der Waals surface area contributed by atoms with E-state index in [1.165, 1.54) is 5.56 Å². The highest BCUT2D eigenvalue weighted by Gasteiger charge is 2.15. The summed E-state index contributed by atoms with van der Waals surface area (Å²) < 4.78 is 28.8. The van der Waals surface area contributed by atoms with Crippen LogP contribution >= 0.6 is 0 Å². The first-order valence-electron chi connectivity index (χ1n) is 6.77. The molecular formula is C15H24F2N2O. The van der Waals surface area contributed by atoms with Gasteiger partial charge in [0.2, 0.25) is 0 Å². The van der Waals surface area contributed by atoms with Gasteiger partial charge in [0.1, 0.15) is 6.61 Å². The van der Waals surface area contributed by atoms with Crippen LogP contribution < -0.4 is 11.3 Å². The van der Waals surface area contributed by atoms with Crippen LogP contribution in [0.2, 0.25) is 0 Å². The molecule has 1 rings (SSSR count). The van der Waals surface area contributed by atoms with Crippen LogP contribution in [0.25, 0.3) is 0 Å². The number of halogens is 2. The number of alkyl halides is 2. The number of nitrogens with two attached hydrogens (primary N) is 1. The average molecular weight is 286 g/mol. The van der Waals surface area contributed by atoms with Crippen molar-refractivity contribution in [3.8, 4) is 0 Å². The summed E-state index contributed by atoms with van der Waals surface area (Å²) in [6.45, 7) is 6.18. The molecule has 3 nitrogen and oxygen atoms in total. The van der Waals surface area contributed by atoms with E-state index >= 15 is 0 Å². The third-order valence-corrected chi connectivity index (χ3v) is 3.17. The van der Waals surface area contributed by atoms with Gasteiger partial charge in [-0.25, -0.2) is 8.78 Å². The molecule has 1 aromatic rings. The SMILES string of the molecule is CC(C)(C)c1ccc(C(CCOCC(F)F)NN)cc1. The molecule has 114 valence electrons. The molecule has 0 aliphatic heterocycles. The van der Waals surface area contributed by atoms with Gasteiger partial charge in [0.25, 0.3) is 6.43 Å². The molecule has 1 aromatic carbocycles. The summed E-state index contributed by atoms with van der Waals surface area (Å²) in [7, 11) is 0. The van der Waals surface area contributed by atoms with Crippen LogP contribution in [0.3, 0.4) is 0 Å². The lowest BCUT2D eigenvalue weighted by atomic mass is 9.86. The van der Waals surface area contributed by atoms with Gasteiger partial charge in [0.05, 0.1) is 0 Å². The monoisotopic (exact) mass is 286 g/mol. The van der Waals surface area contributed by atoms with Gasteiger partial charge in [-0.15, -0.1) is 0 Å². The number of hydrogen-bond acceptors (Lipinski definition) is 3. The minimum Gasteiger partial charge on any atom is -0.375 e. The number of hydrazine groups is 1. The first-order valence-corrected chi connectivity index (χ1v) is 6.77. The van der Waals surface area contributed by atoms with E-state index in [0.29, 0.717) is 6.42 Å². The second-order valence-corrected chi connectivity index (χ2v) is 5.85. The molecule has 0 bridgehead atoms. The molecule has 0 aliphatic carbocycles. The molecule has 0 heterocycles. The van der Waals surface area contributed by atoms with Gasteiger partial charge in [0.15, 0.2) is 0 Å². The van der Waals surface area contributed by atoms with Crippen molar-refractivity contribution < 1.29 is 13.5 Å². The van der Waals surface area contributed by atoms with Crippen molar-refractivity contribution >= 4 is 0 Å². The van der Waals surface area contributed by atoms with Crippen molar-refractivity contribution in [3.05, 3.63) is 35.4 Å². The van der Waals surface area contributed by atoms with E-state index in [4.69, 9.17) is 10.6 Å². The molecule has 0 fully saturated rings. The quantitative estimate of drug-likeness (QED) is 0.460. The van der Waals surface area contributed by atoms with Crippen molar-refractivity contribution in [1.82, 2.24) is 5.43 Å². The molecular weight excluding hydrogens is 262 g/mol. The zero-order chi connectivity index (χ0) is 15.2. The maximum Gasteiger partial charge on any atom is 0.261 e. The minimum atomic E-state index is -2.43. The van der Waals surface area contributed by atoms with Crippen LogP contribution in [-0.2, 0) is 10.2 Å². The van der Waals surface area contributed by atoms with Gasteiger partial charge in [-0.3, -0.25) is 11.3 Å². The average Bonchev–Trinajstić information content (AvgIpc) is 2.38. The maximum absolute atomic E-state index is 12.0. The zero-order valence-electron chi connectivity index (χ0n) is 12.3. The van der Waals surface area contributed by atoms with Gasteiger partial charge in [-0.1, -0.05) is 45.0 Å². The zero-order valence-corrected chi connectivity index (χ0v) is 12.3. The van der Waals surface area contributed by atoms with Crippen molar-refractivity contribution in [2.75, 3.05) is 13.2 Å². The maximum atomic E-state index is 12.0. The van der Waals surface area contributed by atoms with E-state index in [9.17, 15) is 8.78 Å². The minimum absolute atomic E-state index is 0.0957. The van der Waals surface area contributed by atoms with Crippen LogP contribution in [0.5, 0.6) is 0 Å². The lowest BCUT2D eigenvalue weighted by Crippen LogP contribution is -2.29. The Morgan fingerprint density at radius 1 is 1.20 bits per heavy atom. The molecule has 1 unspecified atom stereocenters. The molecule has 0 spiro atoms. The number of benzene rings is 1. The fourth-order valence-corrected chi connectivity index (χ4v) is 1.94. The van der Waals surface area contributed by atoms with Gasteiger partial charge < -0.3 is 4.74 Å². The standard InChI is InChI=1S/C15H24F2N2O/c1-15(2,3)12-6-4-11(5-7-12)13(19-18)8-9-20-10-14(16)17/h4-7,13-14,19H,8-10,18H2,1-3H3. The van der Waals surface area contributed by atoms with Crippen molar-refractivity contribution in [3.63, 3.8) is 0 Å². The number of nitrogens with one attached hydrogen (secondary N) is 1. The number of ether oxygens (including phenoxy) is 1. The Bertz CT molecular complexity index is 388. The second kappa shape index (κ2) is 7.67. The number of hydrogen-bond donors (Lipinski definition) is 2. The molecule has 5 heteroatoms. The summed E-state index contributed by atoms with van der Waals surface area (Å²) >= 11 is 0. The third kappa shape index (κ3) is 5.53. The summed E-state index contributed by atoms with van der Waals surface area (Å²) in [4.78, 5) is 0. The first kappa shape index (κ1) is 17.0. The van der Waals surface area contributed by atoms with E-state index in [1.807, 2.05) is 12.1 Å². The Labute approximate surface area is 119 Å². The van der Waals surface area contributed by atoms with Gasteiger partial charge >= 0.3 is 0 Å². The van der Waals surface area contributed by atoms with E-state index in [2.05, 4.69) is 38.3 Å². The highest BCUT2D eigenvalue weighted by Crippen LogP contribution is 2.24. The van der Waals surface area contributed by atoms with Crippen LogP contribution in [0.15, 0.2) is 24.3 Å². The molecule has 20 heavy (non-hydrogen) atoms. The molecule has 1 atom stereocenters. The summed E-state index contributed by atoms with van der Waals surface area (Å²) in [5.74, 6) is 5.52. The third-order valence-electron chi connectivity index (χ3n) is 3.17. The molecule has 0 aliphatic rings. The second-order valence-electron chi connectivity index (χ2n) is 5.85. The Morgan fingerprint density at radius 2 is 1.80 bits per heavy atom. The lowest BCUT2D eigenvalue weighted by molar-refractivity contribution is 0.0143. The molecule has 0 amide bonds. The lowest BCUT2D eigenvalue weighted by Gasteiger charge is -2.21. The Morgan fingerprint density at radius 3 is 2.25 bits per heavy atom. The summed E-state index contributed by atoms with van der Waals surface area (Å²) in [5, 5.41) is 0. The Balaban J connectivity index is 2.57. The van der Waals surface area contributed by atoms with Crippen molar-refractivity contribution in [2.45, 2.75) is 45.1 Å². The van der Waals surface area contributed by atoms with Crippen molar-refractivity contribution in [2.24, 2.45) is 5.84 Å². The van der Waals surface area contributed by atoms with E-state index in [-0.39, 0.29) is 18.1 Å². The number of rotatable bonds is 7. The summed E-state index contributed by atoms with van der Waals surface area (Å²) in [5.41, 5.74) is 5.07. The summed E-state index contributed by atoms with van der Waals surface area (Å²) in [6.07, 6.45) is -1.87. The molecule has 0 radical (unpaired) electrons. The fraction of sp³-hybridized carbons (Fsp3) is 0.600. The Hall–Kier alpha value is -1.04. The normalized spacial score (nSPS) is 13.8. The van der Waals surface area contributed by atoms with Gasteiger partial charge in [0, 0.05) is 12.6 Å². The highest BCUT2D eigenvalue weighted by atomic mass is 19.3. The first-order chi connectivity index (χ1) is 9.34. The molecule has 0 aromatic heterocycles. The molecule has 0 saturated carbocycles. The Kier molecular flexibility index (Phi) is 6.52. The van der Waals surface area contributed by atoms with E-state index < -0.39 is 13.0 Å². The predicted octanol–water partition coefficient (Wildman–Crippen LogP) is 3.16. The van der Waals surface area contributed by atoms with Crippen LogP contribution in [0, 0.1) is 0 Å². The van der Waals surface area contributed by atoms with Gasteiger partial charge in [-0.2, -0.15) is 0 Å². The van der Waals surface area contributed by atoms with Crippen LogP contribution in [-0.4, -0.2) is 19.6 Å². The van der Waals surface area contributed by atoms with E-state index in [1.54, 1.807) is 0 Å². The fourth-order valence-electron chi connectivity index (χ4n) is 1.94. The predicted molar refractivity (Wildman–Crippen MR) is 76.6 cm³/mol.